The Hall–Kier alpha value is -1.52. The van der Waals surface area contributed by atoms with Crippen molar-refractivity contribution in [2.45, 2.75) is 25.7 Å². The lowest BCUT2D eigenvalue weighted by Gasteiger charge is -2.12. The van der Waals surface area contributed by atoms with E-state index < -0.39 is 20.2 Å². The van der Waals surface area contributed by atoms with E-state index in [9.17, 15) is 26.4 Å². The van der Waals surface area contributed by atoms with Gasteiger partial charge in [0, 0.05) is 32.7 Å². The maximum atomic E-state index is 10.5. The molecule has 30 heavy (non-hydrogen) atoms. The zero-order valence-corrected chi connectivity index (χ0v) is 18.4. The van der Waals surface area contributed by atoms with E-state index in [0.717, 1.165) is 32.2 Å². The predicted molar refractivity (Wildman–Crippen MR) is 108 cm³/mol. The van der Waals surface area contributed by atoms with E-state index in [1.807, 2.05) is 0 Å². The van der Waals surface area contributed by atoms with Crippen LogP contribution in [0.25, 0.3) is 0 Å². The molecule has 0 aliphatic carbocycles. The Bertz CT molecular complexity index is 627. The van der Waals surface area contributed by atoms with Crippen LogP contribution in [0.4, 0.5) is 4.79 Å². The summed E-state index contributed by atoms with van der Waals surface area (Å²) < 4.78 is 58.3. The van der Waals surface area contributed by atoms with Gasteiger partial charge in [-0.25, -0.2) is 27.4 Å². The molecule has 0 aromatic rings. The van der Waals surface area contributed by atoms with Crippen LogP contribution in [0.1, 0.15) is 25.7 Å². The molecule has 4 aliphatic heterocycles. The molecule has 4 rings (SSSR count). The fourth-order valence-electron chi connectivity index (χ4n) is 2.23. The normalized spacial score (nSPS) is 24.4. The van der Waals surface area contributed by atoms with Gasteiger partial charge in [0.05, 0.1) is 19.0 Å². The van der Waals surface area contributed by atoms with Crippen molar-refractivity contribution in [3.63, 3.8) is 0 Å². The number of hydrogen-bond donors (Lipinski definition) is 5. The second-order valence-electron chi connectivity index (χ2n) is 6.38. The van der Waals surface area contributed by atoms with Crippen molar-refractivity contribution in [2.24, 2.45) is 0 Å². The van der Waals surface area contributed by atoms with Crippen LogP contribution in [0.2, 0.25) is 0 Å². The van der Waals surface area contributed by atoms with E-state index in [-0.39, 0.29) is 18.6 Å². The number of sulfonamides is 1. The Morgan fingerprint density at radius 2 is 1.40 bits per heavy atom. The van der Waals surface area contributed by atoms with Crippen LogP contribution in [-0.2, 0) is 34.5 Å². The zero-order chi connectivity index (χ0) is 22.3. The van der Waals surface area contributed by atoms with Crippen LogP contribution in [0, 0.1) is 0 Å². The van der Waals surface area contributed by atoms with Gasteiger partial charge >= 0.3 is 6.09 Å². The van der Waals surface area contributed by atoms with Gasteiger partial charge in [-0.2, -0.15) is 8.42 Å². The number of carbonyl (C=O) groups excluding carboxylic acids is 2. The highest BCUT2D eigenvalue weighted by atomic mass is 32.2. The van der Waals surface area contributed by atoms with Crippen LogP contribution in [0.3, 0.4) is 0 Å². The molecule has 13 nitrogen and oxygen atoms in total. The van der Waals surface area contributed by atoms with Crippen LogP contribution in [0.15, 0.2) is 0 Å². The summed E-state index contributed by atoms with van der Waals surface area (Å²) in [6, 6.07) is 0. The fourth-order valence-corrected chi connectivity index (χ4v) is 4.34. The predicted octanol–water partition coefficient (Wildman–Crippen LogP) is -2.24. The van der Waals surface area contributed by atoms with Crippen molar-refractivity contribution in [2.75, 3.05) is 58.3 Å². The highest BCUT2D eigenvalue weighted by molar-refractivity contribution is 7.89. The van der Waals surface area contributed by atoms with Gasteiger partial charge in [0.2, 0.25) is 15.9 Å². The molecule has 4 fully saturated rings. The smallest absolute Gasteiger partial charge is 0.407 e. The average Bonchev–Trinajstić information content (AvgIpc) is 2.70. The summed E-state index contributed by atoms with van der Waals surface area (Å²) in [5.74, 6) is 0.304. The molecule has 2 amide bonds. The van der Waals surface area contributed by atoms with Gasteiger partial charge < -0.3 is 20.1 Å². The van der Waals surface area contributed by atoms with Gasteiger partial charge in [-0.1, -0.05) is 0 Å². The van der Waals surface area contributed by atoms with E-state index in [1.54, 1.807) is 0 Å². The third-order valence-electron chi connectivity index (χ3n) is 3.72. The number of morpholine rings is 1. The van der Waals surface area contributed by atoms with Crippen molar-refractivity contribution < 1.29 is 35.9 Å². The molecule has 0 spiro atoms. The third-order valence-corrected chi connectivity index (χ3v) is 6.36. The molecule has 176 valence electrons. The summed E-state index contributed by atoms with van der Waals surface area (Å²) in [5, 5.41) is 5.14. The maximum absolute atomic E-state index is 10.5. The molecule has 0 aromatic heterocycles. The molecule has 0 bridgehead atoms. The van der Waals surface area contributed by atoms with E-state index in [2.05, 4.69) is 29.5 Å². The molecule has 4 saturated heterocycles. The minimum atomic E-state index is -3.08. The Morgan fingerprint density at radius 3 is 1.67 bits per heavy atom. The summed E-state index contributed by atoms with van der Waals surface area (Å²) in [7, 11) is -5.92. The third kappa shape index (κ3) is 14.5. The van der Waals surface area contributed by atoms with Crippen molar-refractivity contribution >= 4 is 32.2 Å². The molecule has 0 aromatic carbocycles. The summed E-state index contributed by atoms with van der Waals surface area (Å²) in [6.45, 7) is 4.65. The summed E-state index contributed by atoms with van der Waals surface area (Å²) in [5.41, 5.74) is 0. The summed E-state index contributed by atoms with van der Waals surface area (Å²) >= 11 is 0. The quantitative estimate of drug-likeness (QED) is 0.262. The molecule has 0 unspecified atom stereocenters. The van der Waals surface area contributed by atoms with Gasteiger partial charge in [0.1, 0.15) is 6.61 Å². The van der Waals surface area contributed by atoms with E-state index in [4.69, 9.17) is 4.74 Å². The van der Waals surface area contributed by atoms with Crippen LogP contribution < -0.4 is 24.8 Å². The Balaban J connectivity index is 0.000000200. The highest BCUT2D eigenvalue weighted by Crippen LogP contribution is 1.99. The SMILES string of the molecule is O=C1COCCN1.O=C1NCCCO1.O=S1(=O)CCCCN1.O=S1(=O)NCCCN1. The topological polar surface area (TPSA) is 181 Å². The summed E-state index contributed by atoms with van der Waals surface area (Å²) in [6.07, 6.45) is 3.32. The molecule has 0 saturated carbocycles. The first kappa shape index (κ1) is 26.5. The molecule has 4 heterocycles. The molecule has 0 radical (unpaired) electrons. The molecule has 5 N–H and O–H groups in total. The number of alkyl carbamates (subject to hydrolysis) is 1. The van der Waals surface area contributed by atoms with Crippen LogP contribution >= 0.6 is 0 Å². The molecular weight excluding hydrogens is 442 g/mol. The average molecular weight is 474 g/mol. The molecule has 0 atom stereocenters. The molecular formula is C15H31N5O8S2. The van der Waals surface area contributed by atoms with E-state index in [0.29, 0.717) is 45.1 Å². The Morgan fingerprint density at radius 1 is 0.700 bits per heavy atom. The molecule has 4 aliphatic rings. The minimum absolute atomic E-state index is 0.00810. The Kier molecular flexibility index (Phi) is 12.8. The Labute approximate surface area is 177 Å². The largest absolute Gasteiger partial charge is 0.449 e. The van der Waals surface area contributed by atoms with Crippen LogP contribution in [0.5, 0.6) is 0 Å². The lowest BCUT2D eigenvalue weighted by molar-refractivity contribution is -0.128. The standard InChI is InChI=1S/C4H9NO2S.2C4H7NO2.C3H8N2O2S/c6-8(7)4-2-1-3-5-8;6-4-3-7-2-1-5-4;6-4-5-2-1-3-7-4;6-8(7)4-2-1-3-5-8/h5H,1-4H2;2*1-3H2,(H,5,6);4-5H,1-3H2. The van der Waals surface area contributed by atoms with Crippen molar-refractivity contribution in [1.82, 2.24) is 24.8 Å². The number of ether oxygens (including phenoxy) is 2. The lowest BCUT2D eigenvalue weighted by atomic mass is 10.3. The van der Waals surface area contributed by atoms with Gasteiger partial charge in [-0.05, 0) is 25.7 Å². The number of cyclic esters (lactones) is 1. The second-order valence-corrected chi connectivity index (χ2v) is 9.90. The number of hydrogen-bond acceptors (Lipinski definition) is 8. The van der Waals surface area contributed by atoms with Crippen LogP contribution in [-0.4, -0.2) is 87.1 Å². The van der Waals surface area contributed by atoms with Crippen molar-refractivity contribution in [1.29, 1.82) is 0 Å². The number of rotatable bonds is 0. The number of amides is 2. The van der Waals surface area contributed by atoms with Gasteiger partial charge in [0.25, 0.3) is 10.2 Å². The fraction of sp³-hybridized carbons (Fsp3) is 0.867. The van der Waals surface area contributed by atoms with E-state index >= 15 is 0 Å². The second kappa shape index (κ2) is 14.5. The monoisotopic (exact) mass is 473 g/mol. The van der Waals surface area contributed by atoms with Crippen molar-refractivity contribution in [3.8, 4) is 0 Å². The summed E-state index contributed by atoms with van der Waals surface area (Å²) in [4.78, 5) is 20.4. The maximum Gasteiger partial charge on any atom is 0.407 e. The van der Waals surface area contributed by atoms with Crippen molar-refractivity contribution in [3.05, 3.63) is 0 Å². The number of carbonyl (C=O) groups is 2. The zero-order valence-electron chi connectivity index (χ0n) is 16.8. The van der Waals surface area contributed by atoms with E-state index in [1.165, 1.54) is 0 Å². The lowest BCUT2D eigenvalue weighted by Crippen LogP contribution is -2.43. The van der Waals surface area contributed by atoms with Gasteiger partial charge in [-0.3, -0.25) is 4.79 Å². The van der Waals surface area contributed by atoms with Gasteiger partial charge in [0.15, 0.2) is 0 Å². The first-order valence-electron chi connectivity index (χ1n) is 9.67. The highest BCUT2D eigenvalue weighted by Gasteiger charge is 2.13. The minimum Gasteiger partial charge on any atom is -0.449 e. The first-order valence-corrected chi connectivity index (χ1v) is 12.8. The van der Waals surface area contributed by atoms with Gasteiger partial charge in [-0.15, -0.1) is 0 Å². The first-order chi connectivity index (χ1) is 14.2. The number of nitrogens with one attached hydrogen (secondary N) is 5. The molecule has 15 heteroatoms.